The van der Waals surface area contributed by atoms with Gasteiger partial charge in [-0.05, 0) is 25.2 Å². The van der Waals surface area contributed by atoms with E-state index in [-0.39, 0.29) is 17.9 Å². The minimum Gasteiger partial charge on any atom is -0.391 e. The highest BCUT2D eigenvalue weighted by Gasteiger charge is 2.41. The van der Waals surface area contributed by atoms with Crippen LogP contribution in [0.1, 0.15) is 39.0 Å². The molecule has 1 saturated carbocycles. The van der Waals surface area contributed by atoms with Gasteiger partial charge in [-0.25, -0.2) is 0 Å². The SMILES string of the molecule is CC1CCOC1C(=O)NC1(C(N)=S)CCCC1. The van der Waals surface area contributed by atoms with Crippen LogP contribution in [0.4, 0.5) is 0 Å². The smallest absolute Gasteiger partial charge is 0.250 e. The fraction of sp³-hybridized carbons (Fsp3) is 0.833. The van der Waals surface area contributed by atoms with E-state index in [4.69, 9.17) is 22.7 Å². The summed E-state index contributed by atoms with van der Waals surface area (Å²) < 4.78 is 5.47. The van der Waals surface area contributed by atoms with Crippen LogP contribution in [0.25, 0.3) is 0 Å². The third kappa shape index (κ3) is 2.45. The van der Waals surface area contributed by atoms with Gasteiger partial charge in [0.1, 0.15) is 6.10 Å². The third-order valence-electron chi connectivity index (χ3n) is 3.94. The summed E-state index contributed by atoms with van der Waals surface area (Å²) in [6.45, 7) is 2.71. The van der Waals surface area contributed by atoms with Crippen molar-refractivity contribution in [1.29, 1.82) is 0 Å². The molecule has 0 aromatic carbocycles. The molecule has 2 unspecified atom stereocenters. The molecular weight excluding hydrogens is 236 g/mol. The second-order valence-corrected chi connectivity index (χ2v) is 5.64. The number of thiocarbonyl (C=S) groups is 1. The van der Waals surface area contributed by atoms with E-state index in [1.54, 1.807) is 0 Å². The Morgan fingerprint density at radius 3 is 2.59 bits per heavy atom. The molecule has 2 atom stereocenters. The van der Waals surface area contributed by atoms with Crippen LogP contribution in [0.3, 0.4) is 0 Å². The Balaban J connectivity index is 2.03. The number of nitrogens with one attached hydrogen (secondary N) is 1. The quantitative estimate of drug-likeness (QED) is 0.743. The van der Waals surface area contributed by atoms with Crippen LogP contribution >= 0.6 is 12.2 Å². The average Bonchev–Trinajstić information content (AvgIpc) is 2.87. The molecule has 0 aromatic rings. The van der Waals surface area contributed by atoms with Crippen molar-refractivity contribution in [3.8, 4) is 0 Å². The number of hydrogen-bond acceptors (Lipinski definition) is 3. The van der Waals surface area contributed by atoms with Crippen molar-refractivity contribution < 1.29 is 9.53 Å². The lowest BCUT2D eigenvalue weighted by Gasteiger charge is -2.30. The van der Waals surface area contributed by atoms with Gasteiger partial charge in [-0.3, -0.25) is 4.79 Å². The van der Waals surface area contributed by atoms with Crippen molar-refractivity contribution in [3.05, 3.63) is 0 Å². The molecule has 2 rings (SSSR count). The van der Waals surface area contributed by atoms with E-state index in [2.05, 4.69) is 5.32 Å². The highest BCUT2D eigenvalue weighted by Crippen LogP contribution is 2.31. The zero-order valence-corrected chi connectivity index (χ0v) is 11.0. The lowest BCUT2D eigenvalue weighted by atomic mass is 9.95. The topological polar surface area (TPSA) is 64.3 Å². The van der Waals surface area contributed by atoms with Crippen molar-refractivity contribution in [2.75, 3.05) is 6.61 Å². The monoisotopic (exact) mass is 256 g/mol. The van der Waals surface area contributed by atoms with Crippen LogP contribution in [0.2, 0.25) is 0 Å². The fourth-order valence-corrected chi connectivity index (χ4v) is 3.00. The number of amides is 1. The van der Waals surface area contributed by atoms with Crippen LogP contribution in [0.15, 0.2) is 0 Å². The Morgan fingerprint density at radius 1 is 1.47 bits per heavy atom. The third-order valence-corrected chi connectivity index (χ3v) is 4.33. The van der Waals surface area contributed by atoms with Crippen molar-refractivity contribution in [2.45, 2.75) is 50.7 Å². The van der Waals surface area contributed by atoms with E-state index in [0.717, 1.165) is 32.1 Å². The van der Waals surface area contributed by atoms with Crippen LogP contribution in [-0.2, 0) is 9.53 Å². The van der Waals surface area contributed by atoms with Gasteiger partial charge < -0.3 is 15.8 Å². The van der Waals surface area contributed by atoms with E-state index in [9.17, 15) is 4.79 Å². The van der Waals surface area contributed by atoms with Gasteiger partial charge in [-0.2, -0.15) is 0 Å². The molecule has 0 radical (unpaired) electrons. The minimum absolute atomic E-state index is 0.0512. The van der Waals surface area contributed by atoms with Crippen LogP contribution in [0.5, 0.6) is 0 Å². The number of ether oxygens (including phenoxy) is 1. The van der Waals surface area contributed by atoms with E-state index in [1.807, 2.05) is 6.92 Å². The van der Waals surface area contributed by atoms with E-state index >= 15 is 0 Å². The molecule has 17 heavy (non-hydrogen) atoms. The Kier molecular flexibility index (Phi) is 3.68. The predicted molar refractivity (Wildman–Crippen MR) is 69.6 cm³/mol. The lowest BCUT2D eigenvalue weighted by molar-refractivity contribution is -0.132. The molecule has 4 nitrogen and oxygen atoms in total. The molecule has 2 fully saturated rings. The van der Waals surface area contributed by atoms with Gasteiger partial charge in [0.2, 0.25) is 5.91 Å². The Labute approximate surface area is 107 Å². The molecule has 96 valence electrons. The molecule has 1 amide bonds. The molecule has 2 aliphatic rings. The molecular formula is C12H20N2O2S. The zero-order chi connectivity index (χ0) is 12.5. The molecule has 0 spiro atoms. The van der Waals surface area contributed by atoms with Crippen LogP contribution < -0.4 is 11.1 Å². The minimum atomic E-state index is -0.460. The number of rotatable bonds is 3. The van der Waals surface area contributed by atoms with Crippen molar-refractivity contribution in [2.24, 2.45) is 11.7 Å². The van der Waals surface area contributed by atoms with Gasteiger partial charge in [-0.1, -0.05) is 32.0 Å². The maximum absolute atomic E-state index is 12.2. The standard InChI is InChI=1S/C12H20N2O2S/c1-8-4-7-16-9(8)10(15)14-12(11(13)17)5-2-3-6-12/h8-9H,2-7H2,1H3,(H2,13,17)(H,14,15). The van der Waals surface area contributed by atoms with Gasteiger partial charge in [0.15, 0.2) is 0 Å². The lowest BCUT2D eigenvalue weighted by Crippen LogP contribution is -2.57. The molecule has 5 heteroatoms. The second-order valence-electron chi connectivity index (χ2n) is 5.20. The summed E-state index contributed by atoms with van der Waals surface area (Å²) >= 11 is 5.11. The Morgan fingerprint density at radius 2 is 2.12 bits per heavy atom. The average molecular weight is 256 g/mol. The van der Waals surface area contributed by atoms with Crippen molar-refractivity contribution in [3.63, 3.8) is 0 Å². The predicted octanol–water partition coefficient (Wildman–Crippen LogP) is 1.13. The highest BCUT2D eigenvalue weighted by molar-refractivity contribution is 7.80. The fourth-order valence-electron chi connectivity index (χ4n) is 2.75. The van der Waals surface area contributed by atoms with Gasteiger partial charge in [0.05, 0.1) is 10.5 Å². The molecule has 0 bridgehead atoms. The first kappa shape index (κ1) is 12.8. The van der Waals surface area contributed by atoms with Crippen molar-refractivity contribution >= 4 is 23.1 Å². The van der Waals surface area contributed by atoms with E-state index < -0.39 is 5.54 Å². The van der Waals surface area contributed by atoms with E-state index in [0.29, 0.717) is 11.6 Å². The normalized spacial score (nSPS) is 31.4. The first-order valence-corrected chi connectivity index (χ1v) is 6.69. The molecule has 1 aliphatic heterocycles. The molecule has 1 saturated heterocycles. The summed E-state index contributed by atoms with van der Waals surface area (Å²) in [6.07, 6.45) is 4.46. The summed E-state index contributed by atoms with van der Waals surface area (Å²) in [5.41, 5.74) is 5.33. The summed E-state index contributed by atoms with van der Waals surface area (Å²) in [4.78, 5) is 12.6. The Bertz CT molecular complexity index is 326. The van der Waals surface area contributed by atoms with Crippen molar-refractivity contribution in [1.82, 2.24) is 5.32 Å². The maximum atomic E-state index is 12.2. The summed E-state index contributed by atoms with van der Waals surface area (Å²) in [7, 11) is 0. The molecule has 1 heterocycles. The summed E-state index contributed by atoms with van der Waals surface area (Å²) in [5, 5.41) is 3.03. The number of nitrogens with two attached hydrogens (primary N) is 1. The number of carbonyl (C=O) groups excluding carboxylic acids is 1. The molecule has 1 aliphatic carbocycles. The second kappa shape index (κ2) is 4.90. The summed E-state index contributed by atoms with van der Waals surface area (Å²) in [5.74, 6) is 0.226. The number of hydrogen-bond donors (Lipinski definition) is 2. The largest absolute Gasteiger partial charge is 0.391 e. The molecule has 0 aromatic heterocycles. The van der Waals surface area contributed by atoms with Gasteiger partial charge in [0, 0.05) is 6.61 Å². The number of carbonyl (C=O) groups is 1. The Hall–Kier alpha value is -0.680. The van der Waals surface area contributed by atoms with Crippen LogP contribution in [-0.4, -0.2) is 29.1 Å². The highest BCUT2D eigenvalue weighted by atomic mass is 32.1. The first-order valence-electron chi connectivity index (χ1n) is 6.29. The van der Waals surface area contributed by atoms with Crippen LogP contribution in [0, 0.1) is 5.92 Å². The summed E-state index contributed by atoms with van der Waals surface area (Å²) in [6, 6.07) is 0. The zero-order valence-electron chi connectivity index (χ0n) is 10.2. The first-order chi connectivity index (χ1) is 8.05. The molecule has 3 N–H and O–H groups in total. The van der Waals surface area contributed by atoms with E-state index in [1.165, 1.54) is 0 Å². The maximum Gasteiger partial charge on any atom is 0.250 e. The van der Waals surface area contributed by atoms with Gasteiger partial charge in [-0.15, -0.1) is 0 Å². The van der Waals surface area contributed by atoms with Gasteiger partial charge in [0.25, 0.3) is 0 Å². The van der Waals surface area contributed by atoms with Gasteiger partial charge >= 0.3 is 0 Å².